The van der Waals surface area contributed by atoms with Gasteiger partial charge in [0.25, 0.3) is 0 Å². The quantitative estimate of drug-likeness (QED) is 0.665. The third kappa shape index (κ3) is 2.33. The average Bonchev–Trinajstić information content (AvgIpc) is 2.81. The van der Waals surface area contributed by atoms with Crippen LogP contribution in [-0.4, -0.2) is 12.1 Å². The molecule has 3 nitrogen and oxygen atoms in total. The average molecular weight is 339 g/mol. The lowest BCUT2D eigenvalue weighted by molar-refractivity contribution is 0.414. The number of ether oxygens (including phenoxy) is 1. The zero-order chi connectivity index (χ0) is 13.4. The molecule has 5 heteroatoms. The highest BCUT2D eigenvalue weighted by atomic mass is 79.9. The summed E-state index contributed by atoms with van der Waals surface area (Å²) >= 11 is 9.43. The first kappa shape index (κ1) is 12.5. The summed E-state index contributed by atoms with van der Waals surface area (Å²) < 4.78 is 12.0. The number of aromatic nitrogens is 1. The van der Waals surface area contributed by atoms with Gasteiger partial charge in [-0.15, -0.1) is 0 Å². The first-order valence-corrected chi connectivity index (χ1v) is 6.74. The second kappa shape index (κ2) is 4.87. The number of methoxy groups -OCH3 is 1. The summed E-state index contributed by atoms with van der Waals surface area (Å²) in [6, 6.07) is 11.0. The van der Waals surface area contributed by atoms with Gasteiger partial charge in [-0.1, -0.05) is 27.5 Å². The monoisotopic (exact) mass is 337 g/mol. The Bertz CT molecular complexity index is 754. The van der Waals surface area contributed by atoms with Gasteiger partial charge >= 0.3 is 0 Å². The summed E-state index contributed by atoms with van der Waals surface area (Å²) in [5.74, 6) is 1.17. The minimum Gasteiger partial charge on any atom is -0.496 e. The molecule has 0 aliphatic rings. The van der Waals surface area contributed by atoms with Gasteiger partial charge < -0.3 is 9.15 Å². The summed E-state index contributed by atoms with van der Waals surface area (Å²) in [6.07, 6.45) is 0. The molecule has 1 aromatic heterocycles. The number of hydrogen-bond donors (Lipinski definition) is 0. The van der Waals surface area contributed by atoms with E-state index in [1.165, 1.54) is 0 Å². The molecule has 3 rings (SSSR count). The summed E-state index contributed by atoms with van der Waals surface area (Å²) in [5, 5.41) is 0.610. The van der Waals surface area contributed by atoms with Crippen LogP contribution in [0.15, 0.2) is 45.3 Å². The molecular weight excluding hydrogens is 330 g/mol. The van der Waals surface area contributed by atoms with Crippen molar-refractivity contribution in [1.29, 1.82) is 0 Å². The molecule has 0 atom stereocenters. The van der Waals surface area contributed by atoms with Crippen molar-refractivity contribution in [2.75, 3.05) is 7.11 Å². The molecule has 0 amide bonds. The maximum absolute atomic E-state index is 6.02. The largest absolute Gasteiger partial charge is 0.496 e. The molecule has 0 aliphatic carbocycles. The van der Waals surface area contributed by atoms with Gasteiger partial charge in [-0.25, -0.2) is 4.98 Å². The second-order valence-electron chi connectivity index (χ2n) is 3.98. The molecule has 0 radical (unpaired) electrons. The van der Waals surface area contributed by atoms with Crippen LogP contribution in [0.5, 0.6) is 5.75 Å². The molecular formula is C14H9BrClNO2. The van der Waals surface area contributed by atoms with Gasteiger partial charge in [-0.3, -0.25) is 0 Å². The van der Waals surface area contributed by atoms with Gasteiger partial charge in [0.05, 0.1) is 12.7 Å². The highest BCUT2D eigenvalue weighted by Crippen LogP contribution is 2.34. The molecule has 3 aromatic rings. The topological polar surface area (TPSA) is 35.3 Å². The van der Waals surface area contributed by atoms with Crippen LogP contribution in [0.3, 0.4) is 0 Å². The van der Waals surface area contributed by atoms with Crippen molar-refractivity contribution in [3.05, 3.63) is 45.9 Å². The third-order valence-electron chi connectivity index (χ3n) is 2.74. The van der Waals surface area contributed by atoms with E-state index < -0.39 is 0 Å². The Morgan fingerprint density at radius 1 is 1.21 bits per heavy atom. The molecule has 0 aliphatic heterocycles. The Labute approximate surface area is 123 Å². The van der Waals surface area contributed by atoms with E-state index in [4.69, 9.17) is 20.8 Å². The molecule has 2 aromatic carbocycles. The minimum atomic E-state index is 0.493. The van der Waals surface area contributed by atoms with Crippen LogP contribution in [0, 0.1) is 0 Å². The van der Waals surface area contributed by atoms with E-state index >= 15 is 0 Å². The first-order chi connectivity index (χ1) is 9.17. The van der Waals surface area contributed by atoms with Crippen molar-refractivity contribution in [2.24, 2.45) is 0 Å². The van der Waals surface area contributed by atoms with Crippen LogP contribution >= 0.6 is 27.5 Å². The van der Waals surface area contributed by atoms with E-state index in [0.717, 1.165) is 21.1 Å². The normalized spacial score (nSPS) is 10.9. The Kier molecular flexibility index (Phi) is 3.21. The van der Waals surface area contributed by atoms with Gasteiger partial charge in [-0.2, -0.15) is 0 Å². The predicted octanol–water partition coefficient (Wildman–Crippen LogP) is 4.92. The summed E-state index contributed by atoms with van der Waals surface area (Å²) in [7, 11) is 1.60. The van der Waals surface area contributed by atoms with E-state index in [1.807, 2.05) is 18.2 Å². The molecule has 0 fully saturated rings. The molecule has 1 heterocycles. The van der Waals surface area contributed by atoms with E-state index in [2.05, 4.69) is 20.9 Å². The van der Waals surface area contributed by atoms with Crippen molar-refractivity contribution in [3.8, 4) is 17.2 Å². The fraction of sp³-hybridized carbons (Fsp3) is 0.0714. The van der Waals surface area contributed by atoms with E-state index in [-0.39, 0.29) is 0 Å². The summed E-state index contributed by atoms with van der Waals surface area (Å²) in [6.45, 7) is 0. The standard InChI is InChI=1S/C14H9BrClNO2/c1-18-12-5-3-9(16)7-10(12)14-17-11-6-8(15)2-4-13(11)19-14/h2-7H,1H3. The van der Waals surface area contributed by atoms with Crippen LogP contribution < -0.4 is 4.74 Å². The van der Waals surface area contributed by atoms with Gasteiger partial charge in [0.15, 0.2) is 5.58 Å². The van der Waals surface area contributed by atoms with Gasteiger partial charge in [0.1, 0.15) is 11.3 Å². The lowest BCUT2D eigenvalue weighted by Crippen LogP contribution is -1.87. The van der Waals surface area contributed by atoms with E-state index in [1.54, 1.807) is 25.3 Å². The van der Waals surface area contributed by atoms with Crippen LogP contribution in [0.4, 0.5) is 0 Å². The number of fused-ring (bicyclic) bond motifs is 1. The van der Waals surface area contributed by atoms with Gasteiger partial charge in [0.2, 0.25) is 5.89 Å². The number of nitrogens with zero attached hydrogens (tertiary/aromatic N) is 1. The summed E-state index contributed by atoms with van der Waals surface area (Å²) in [4.78, 5) is 4.46. The fourth-order valence-electron chi connectivity index (χ4n) is 1.86. The number of hydrogen-bond acceptors (Lipinski definition) is 3. The molecule has 0 spiro atoms. The van der Waals surface area contributed by atoms with Crippen LogP contribution in [0.2, 0.25) is 5.02 Å². The number of benzene rings is 2. The van der Waals surface area contributed by atoms with Crippen LogP contribution in [0.1, 0.15) is 0 Å². The minimum absolute atomic E-state index is 0.493. The molecule has 0 saturated heterocycles. The van der Waals surface area contributed by atoms with Gasteiger partial charge in [-0.05, 0) is 36.4 Å². The zero-order valence-electron chi connectivity index (χ0n) is 9.98. The van der Waals surface area contributed by atoms with E-state index in [0.29, 0.717) is 16.7 Å². The van der Waals surface area contributed by atoms with Crippen LogP contribution in [-0.2, 0) is 0 Å². The number of oxazole rings is 1. The van der Waals surface area contributed by atoms with Gasteiger partial charge in [0, 0.05) is 9.50 Å². The van der Waals surface area contributed by atoms with Crippen molar-refractivity contribution in [2.45, 2.75) is 0 Å². The molecule has 0 N–H and O–H groups in total. The van der Waals surface area contributed by atoms with Crippen molar-refractivity contribution in [3.63, 3.8) is 0 Å². The second-order valence-corrected chi connectivity index (χ2v) is 5.33. The maximum Gasteiger partial charge on any atom is 0.231 e. The number of rotatable bonds is 2. The lowest BCUT2D eigenvalue weighted by Gasteiger charge is -2.04. The molecule has 0 saturated carbocycles. The molecule has 0 bridgehead atoms. The van der Waals surface area contributed by atoms with Crippen LogP contribution in [0.25, 0.3) is 22.6 Å². The smallest absolute Gasteiger partial charge is 0.231 e. The fourth-order valence-corrected chi connectivity index (χ4v) is 2.38. The Morgan fingerprint density at radius 3 is 2.84 bits per heavy atom. The lowest BCUT2D eigenvalue weighted by atomic mass is 10.2. The van der Waals surface area contributed by atoms with Crippen molar-refractivity contribution < 1.29 is 9.15 Å². The predicted molar refractivity (Wildman–Crippen MR) is 78.7 cm³/mol. The first-order valence-electron chi connectivity index (χ1n) is 5.57. The molecule has 0 unspecified atom stereocenters. The Morgan fingerprint density at radius 2 is 2.05 bits per heavy atom. The zero-order valence-corrected chi connectivity index (χ0v) is 12.3. The Hall–Kier alpha value is -1.52. The van der Waals surface area contributed by atoms with Crippen molar-refractivity contribution in [1.82, 2.24) is 4.98 Å². The molecule has 96 valence electrons. The SMILES string of the molecule is COc1ccc(Cl)cc1-c1nc2cc(Br)ccc2o1. The third-order valence-corrected chi connectivity index (χ3v) is 3.47. The summed E-state index contributed by atoms with van der Waals surface area (Å²) in [5.41, 5.74) is 2.24. The van der Waals surface area contributed by atoms with E-state index in [9.17, 15) is 0 Å². The van der Waals surface area contributed by atoms with Crippen molar-refractivity contribution >= 4 is 38.6 Å². The highest BCUT2D eigenvalue weighted by molar-refractivity contribution is 9.10. The maximum atomic E-state index is 6.02. The molecule has 19 heavy (non-hydrogen) atoms. The Balaban J connectivity index is 2.21. The highest BCUT2D eigenvalue weighted by Gasteiger charge is 2.13. The number of halogens is 2.